The first-order chi connectivity index (χ1) is 12.9. The maximum Gasteiger partial charge on any atom is 0.294 e. The molecule has 144 valence electrons. The molecule has 0 radical (unpaired) electrons. The number of carbonyl (C=O) groups is 3. The first-order valence-electron chi connectivity index (χ1n) is 8.55. The fraction of sp³-hybridized carbons (Fsp3) is 0.389. The summed E-state index contributed by atoms with van der Waals surface area (Å²) >= 11 is 7.76. The molecular formula is C18H18Br2N2O4S. The second kappa shape index (κ2) is 8.79. The molecule has 2 fully saturated rings. The minimum atomic E-state index is -0.432. The highest BCUT2D eigenvalue weighted by Gasteiger charge is 2.37. The van der Waals surface area contributed by atoms with E-state index in [9.17, 15) is 14.4 Å². The van der Waals surface area contributed by atoms with Crippen LogP contribution in [0.5, 0.6) is 5.75 Å². The highest BCUT2D eigenvalue weighted by atomic mass is 79.9. The summed E-state index contributed by atoms with van der Waals surface area (Å²) < 4.78 is 7.04. The van der Waals surface area contributed by atoms with Gasteiger partial charge in [0.1, 0.15) is 12.3 Å². The molecule has 2 saturated heterocycles. The molecule has 2 aliphatic heterocycles. The van der Waals surface area contributed by atoms with Crippen molar-refractivity contribution in [2.75, 3.05) is 26.2 Å². The predicted molar refractivity (Wildman–Crippen MR) is 112 cm³/mol. The molecular weight excluding hydrogens is 500 g/mol. The third-order valence-corrected chi connectivity index (χ3v) is 6.32. The number of rotatable bonds is 5. The van der Waals surface area contributed by atoms with E-state index in [-0.39, 0.29) is 12.5 Å². The lowest BCUT2D eigenvalue weighted by Gasteiger charge is -2.18. The van der Waals surface area contributed by atoms with Crippen molar-refractivity contribution in [3.05, 3.63) is 31.5 Å². The van der Waals surface area contributed by atoms with Crippen molar-refractivity contribution < 1.29 is 19.1 Å². The lowest BCUT2D eigenvalue weighted by atomic mass is 10.2. The van der Waals surface area contributed by atoms with Crippen molar-refractivity contribution in [1.82, 2.24) is 9.80 Å². The summed E-state index contributed by atoms with van der Waals surface area (Å²) in [5.74, 6) is 0.0697. The van der Waals surface area contributed by atoms with Gasteiger partial charge in [0.05, 0.1) is 20.5 Å². The standard InChI is InChI=1S/C18H18Br2N2O4S/c1-2-26-16-12(19)7-11(8-13(16)20)9-14-17(24)22(18(25)27-14)10-15(23)21-5-3-4-6-21/h7-9H,2-6,10H2,1H3/b14-9-. The maximum absolute atomic E-state index is 12.6. The van der Waals surface area contributed by atoms with Crippen LogP contribution in [0.3, 0.4) is 0 Å². The van der Waals surface area contributed by atoms with Crippen LogP contribution in [-0.4, -0.2) is 53.1 Å². The summed E-state index contributed by atoms with van der Waals surface area (Å²) in [6, 6.07) is 3.64. The van der Waals surface area contributed by atoms with Crippen LogP contribution >= 0.6 is 43.6 Å². The SMILES string of the molecule is CCOc1c(Br)cc(/C=C2\SC(=O)N(CC(=O)N3CCCC3)C2=O)cc1Br. The van der Waals surface area contributed by atoms with Crippen molar-refractivity contribution >= 4 is 66.8 Å². The number of likely N-dealkylation sites (tertiary alicyclic amines) is 1. The Labute approximate surface area is 178 Å². The van der Waals surface area contributed by atoms with E-state index in [2.05, 4.69) is 31.9 Å². The Balaban J connectivity index is 1.77. The molecule has 0 unspecified atom stereocenters. The molecule has 27 heavy (non-hydrogen) atoms. The van der Waals surface area contributed by atoms with Crippen molar-refractivity contribution in [2.24, 2.45) is 0 Å². The third-order valence-electron chi connectivity index (χ3n) is 4.23. The number of benzene rings is 1. The topological polar surface area (TPSA) is 66.9 Å². The van der Waals surface area contributed by atoms with Gasteiger partial charge in [-0.2, -0.15) is 0 Å². The van der Waals surface area contributed by atoms with E-state index >= 15 is 0 Å². The van der Waals surface area contributed by atoms with Crippen LogP contribution < -0.4 is 4.74 Å². The Bertz CT molecular complexity index is 799. The van der Waals surface area contributed by atoms with Gasteiger partial charge in [-0.1, -0.05) is 0 Å². The van der Waals surface area contributed by atoms with Crippen molar-refractivity contribution in [1.29, 1.82) is 0 Å². The van der Waals surface area contributed by atoms with Gasteiger partial charge in [-0.15, -0.1) is 0 Å². The number of halogens is 2. The number of hydrogen-bond acceptors (Lipinski definition) is 5. The molecule has 3 amide bonds. The van der Waals surface area contributed by atoms with Gasteiger partial charge >= 0.3 is 0 Å². The van der Waals surface area contributed by atoms with E-state index in [0.717, 1.165) is 44.0 Å². The van der Waals surface area contributed by atoms with Gasteiger partial charge in [-0.25, -0.2) is 0 Å². The number of hydrogen-bond donors (Lipinski definition) is 0. The van der Waals surface area contributed by atoms with Gasteiger partial charge in [-0.3, -0.25) is 19.3 Å². The van der Waals surface area contributed by atoms with Crippen LogP contribution in [0.4, 0.5) is 4.79 Å². The van der Waals surface area contributed by atoms with Gasteiger partial charge in [0.25, 0.3) is 11.1 Å². The summed E-state index contributed by atoms with van der Waals surface area (Å²) in [6.45, 7) is 3.61. The van der Waals surface area contributed by atoms with Crippen molar-refractivity contribution in [2.45, 2.75) is 19.8 Å². The third kappa shape index (κ3) is 4.57. The van der Waals surface area contributed by atoms with E-state index in [1.807, 2.05) is 19.1 Å². The van der Waals surface area contributed by atoms with Crippen molar-refractivity contribution in [3.8, 4) is 5.75 Å². The average Bonchev–Trinajstić information content (AvgIpc) is 3.23. The number of carbonyl (C=O) groups excluding carboxylic acids is 3. The number of amides is 3. The van der Waals surface area contributed by atoms with Crippen LogP contribution in [-0.2, 0) is 9.59 Å². The molecule has 0 aliphatic carbocycles. The van der Waals surface area contributed by atoms with Crippen LogP contribution in [0.15, 0.2) is 26.0 Å². The summed E-state index contributed by atoms with van der Waals surface area (Å²) in [5, 5.41) is -0.414. The zero-order valence-corrected chi connectivity index (χ0v) is 18.7. The van der Waals surface area contributed by atoms with E-state index in [1.54, 1.807) is 11.0 Å². The second-order valence-electron chi connectivity index (χ2n) is 6.10. The number of imide groups is 1. The lowest BCUT2D eigenvalue weighted by molar-refractivity contribution is -0.135. The normalized spacial score (nSPS) is 18.7. The van der Waals surface area contributed by atoms with Gasteiger partial charge in [0.15, 0.2) is 0 Å². The van der Waals surface area contributed by atoms with E-state index in [4.69, 9.17) is 4.74 Å². The quantitative estimate of drug-likeness (QED) is 0.545. The zero-order valence-electron chi connectivity index (χ0n) is 14.7. The summed E-state index contributed by atoms with van der Waals surface area (Å²) in [4.78, 5) is 40.1. The molecule has 0 aromatic heterocycles. The summed E-state index contributed by atoms with van der Waals surface area (Å²) in [7, 11) is 0. The highest BCUT2D eigenvalue weighted by molar-refractivity contribution is 9.11. The molecule has 3 rings (SSSR count). The Morgan fingerprint density at radius 2 is 1.85 bits per heavy atom. The molecule has 2 aliphatic rings. The zero-order chi connectivity index (χ0) is 19.6. The molecule has 1 aromatic rings. The minimum absolute atomic E-state index is 0.178. The van der Waals surface area contributed by atoms with E-state index in [1.165, 1.54) is 0 Å². The van der Waals surface area contributed by atoms with Crippen LogP contribution in [0, 0.1) is 0 Å². The molecule has 1 aromatic carbocycles. The molecule has 0 spiro atoms. The molecule has 0 saturated carbocycles. The Morgan fingerprint density at radius 3 is 2.44 bits per heavy atom. The molecule has 0 atom stereocenters. The maximum atomic E-state index is 12.6. The molecule has 0 bridgehead atoms. The van der Waals surface area contributed by atoms with Gasteiger partial charge < -0.3 is 9.64 Å². The van der Waals surface area contributed by atoms with Crippen LogP contribution in [0.25, 0.3) is 6.08 Å². The van der Waals surface area contributed by atoms with Gasteiger partial charge in [0.2, 0.25) is 5.91 Å². The number of thioether (sulfide) groups is 1. The Morgan fingerprint density at radius 1 is 1.22 bits per heavy atom. The summed E-state index contributed by atoms with van der Waals surface area (Å²) in [5.41, 5.74) is 0.744. The second-order valence-corrected chi connectivity index (χ2v) is 8.80. The largest absolute Gasteiger partial charge is 0.492 e. The molecule has 0 N–H and O–H groups in total. The molecule has 2 heterocycles. The predicted octanol–water partition coefficient (Wildman–Crippen LogP) is 4.27. The first kappa shape index (κ1) is 20.4. The van der Waals surface area contributed by atoms with Crippen LogP contribution in [0.1, 0.15) is 25.3 Å². The van der Waals surface area contributed by atoms with Gasteiger partial charge in [0, 0.05) is 13.1 Å². The fourth-order valence-corrected chi connectivity index (χ4v) is 5.22. The average molecular weight is 518 g/mol. The highest BCUT2D eigenvalue weighted by Crippen LogP contribution is 2.37. The monoisotopic (exact) mass is 516 g/mol. The smallest absolute Gasteiger partial charge is 0.294 e. The number of nitrogens with zero attached hydrogens (tertiary/aromatic N) is 2. The fourth-order valence-electron chi connectivity index (χ4n) is 2.93. The minimum Gasteiger partial charge on any atom is -0.492 e. The molecule has 9 heteroatoms. The first-order valence-corrected chi connectivity index (χ1v) is 11.0. The van der Waals surface area contributed by atoms with Crippen molar-refractivity contribution in [3.63, 3.8) is 0 Å². The summed E-state index contributed by atoms with van der Waals surface area (Å²) in [6.07, 6.45) is 3.58. The van der Waals surface area contributed by atoms with E-state index < -0.39 is 11.1 Å². The molecule has 6 nitrogen and oxygen atoms in total. The number of ether oxygens (including phenoxy) is 1. The Hall–Kier alpha value is -1.32. The Kier molecular flexibility index (Phi) is 6.65. The van der Waals surface area contributed by atoms with Crippen LogP contribution in [0.2, 0.25) is 0 Å². The van der Waals surface area contributed by atoms with Gasteiger partial charge in [-0.05, 0) is 87.2 Å². The lowest BCUT2D eigenvalue weighted by Crippen LogP contribution is -2.40. The van der Waals surface area contributed by atoms with E-state index in [0.29, 0.717) is 30.4 Å².